The first-order chi connectivity index (χ1) is 29.0. The molecule has 0 fully saturated rings. The fourth-order valence-corrected chi connectivity index (χ4v) is 9.39. The molecule has 9 nitrogen and oxygen atoms in total. The number of rotatable bonds is 17. The third kappa shape index (κ3) is 10.00. The lowest BCUT2D eigenvalue weighted by Gasteiger charge is -2.38. The third-order valence-electron chi connectivity index (χ3n) is 10.3. The van der Waals surface area contributed by atoms with Crippen molar-refractivity contribution in [2.75, 3.05) is 25.5 Å². The van der Waals surface area contributed by atoms with Crippen LogP contribution < -0.4 is 5.32 Å². The summed E-state index contributed by atoms with van der Waals surface area (Å²) in [6.45, 7) is 10.6. The summed E-state index contributed by atoms with van der Waals surface area (Å²) in [6, 6.07) is 43.4. The van der Waals surface area contributed by atoms with E-state index in [4.69, 9.17) is 14.2 Å². The van der Waals surface area contributed by atoms with Crippen LogP contribution in [0.25, 0.3) is 11.1 Å². The normalized spacial score (nSPS) is 13.2. The van der Waals surface area contributed by atoms with Gasteiger partial charge < -0.3 is 24.4 Å². The molecule has 6 rings (SSSR count). The van der Waals surface area contributed by atoms with E-state index in [1.807, 2.05) is 103 Å². The predicted octanol–water partition coefficient (Wildman–Crippen LogP) is 9.30. The van der Waals surface area contributed by atoms with E-state index < -0.39 is 52.8 Å². The lowest BCUT2D eigenvalue weighted by Crippen LogP contribution is -2.56. The summed E-state index contributed by atoms with van der Waals surface area (Å²) in [5.74, 6) is -2.17. The SMILES string of the molecule is C=CCOC(=O)[C@H](CSC(c1ccccc1)(c1ccccc1)c1ccccc1)N(CC)C(=O)[C@H](CC(=O)OC(C)(C)C)NC(=O)OCC1c2ccccc2-c2ccccc21. The molecule has 0 spiro atoms. The molecule has 1 aliphatic carbocycles. The van der Waals surface area contributed by atoms with Crippen LogP contribution in [0, 0.1) is 0 Å². The van der Waals surface area contributed by atoms with Gasteiger partial charge in [-0.15, -0.1) is 11.8 Å². The van der Waals surface area contributed by atoms with Gasteiger partial charge in [0.1, 0.15) is 30.9 Å². The number of carbonyl (C=O) groups is 4. The van der Waals surface area contributed by atoms with E-state index in [1.165, 1.54) is 22.7 Å². The third-order valence-corrected chi connectivity index (χ3v) is 12.0. The first kappa shape index (κ1) is 43.4. The van der Waals surface area contributed by atoms with Crippen LogP contribution in [-0.2, 0) is 33.3 Å². The number of fused-ring (bicyclic) bond motifs is 3. The smallest absolute Gasteiger partial charge is 0.407 e. The highest BCUT2D eigenvalue weighted by atomic mass is 32.2. The maximum atomic E-state index is 14.9. The Bertz CT molecular complexity index is 2120. The quantitative estimate of drug-likeness (QED) is 0.0428. The maximum absolute atomic E-state index is 14.9. The summed E-state index contributed by atoms with van der Waals surface area (Å²) in [5.41, 5.74) is 6.26. The number of nitrogens with zero attached hydrogens (tertiary/aromatic N) is 1. The van der Waals surface area contributed by atoms with Crippen molar-refractivity contribution in [2.24, 2.45) is 0 Å². The number of thioether (sulfide) groups is 1. The van der Waals surface area contributed by atoms with Gasteiger partial charge in [0.15, 0.2) is 0 Å². The Morgan fingerprint density at radius 1 is 0.733 bits per heavy atom. The molecular weight excluding hydrogens is 773 g/mol. The van der Waals surface area contributed by atoms with Crippen LogP contribution in [-0.4, -0.2) is 72.0 Å². The molecule has 5 aromatic carbocycles. The summed E-state index contributed by atoms with van der Waals surface area (Å²) < 4.78 is 16.3. The van der Waals surface area contributed by atoms with E-state index in [2.05, 4.69) is 48.3 Å². The first-order valence-electron chi connectivity index (χ1n) is 20.2. The molecule has 2 atom stereocenters. The van der Waals surface area contributed by atoms with Crippen molar-refractivity contribution in [1.82, 2.24) is 10.2 Å². The summed E-state index contributed by atoms with van der Waals surface area (Å²) in [4.78, 5) is 57.5. The number of nitrogens with one attached hydrogen (secondary N) is 1. The van der Waals surface area contributed by atoms with Gasteiger partial charge in [-0.05, 0) is 66.6 Å². The second-order valence-corrected chi connectivity index (χ2v) is 16.7. The van der Waals surface area contributed by atoms with Crippen molar-refractivity contribution in [3.05, 3.63) is 180 Å². The predicted molar refractivity (Wildman–Crippen MR) is 236 cm³/mol. The molecule has 10 heteroatoms. The summed E-state index contributed by atoms with van der Waals surface area (Å²) in [5, 5.41) is 2.68. The number of esters is 2. The van der Waals surface area contributed by atoms with Gasteiger partial charge in [-0.25, -0.2) is 9.59 Å². The standard InChI is InChI=1S/C50H52N2O7S/c1-6-31-57-47(55)44(34-60-50(35-21-11-8-12-22-35,36-23-13-9-14-24-36)37-25-15-10-16-26-37)52(7-2)46(54)43(32-45(53)59-49(3,4)5)51-48(56)58-33-42-40-29-19-17-27-38(40)39-28-18-20-30-41(39)42/h6,8-30,42-44H,1,7,31-34H2,2-5H3,(H,51,56)/t43-,44-/m0/s1. The van der Waals surface area contributed by atoms with Gasteiger partial charge in [0, 0.05) is 18.2 Å². The fraction of sp³-hybridized carbons (Fsp3) is 0.280. The Morgan fingerprint density at radius 2 is 1.22 bits per heavy atom. The van der Waals surface area contributed by atoms with Gasteiger partial charge >= 0.3 is 18.0 Å². The minimum Gasteiger partial charge on any atom is -0.460 e. The van der Waals surface area contributed by atoms with Crippen LogP contribution in [0.5, 0.6) is 0 Å². The molecule has 0 bridgehead atoms. The van der Waals surface area contributed by atoms with Crippen LogP contribution in [0.2, 0.25) is 0 Å². The van der Waals surface area contributed by atoms with E-state index in [0.717, 1.165) is 38.9 Å². The number of alkyl carbamates (subject to hydrolysis) is 1. The van der Waals surface area contributed by atoms with Crippen LogP contribution in [0.1, 0.15) is 67.9 Å². The topological polar surface area (TPSA) is 111 Å². The van der Waals surface area contributed by atoms with Crippen LogP contribution >= 0.6 is 11.8 Å². The summed E-state index contributed by atoms with van der Waals surface area (Å²) in [6.07, 6.45) is 0.0819. The summed E-state index contributed by atoms with van der Waals surface area (Å²) in [7, 11) is 0. The zero-order valence-electron chi connectivity index (χ0n) is 34.5. The Labute approximate surface area is 357 Å². The molecular formula is C50H52N2O7S. The second kappa shape index (κ2) is 19.7. The van der Waals surface area contributed by atoms with Crippen molar-refractivity contribution < 1.29 is 33.4 Å². The lowest BCUT2D eigenvalue weighted by atomic mass is 9.84. The Balaban J connectivity index is 1.32. The number of benzene rings is 5. The summed E-state index contributed by atoms with van der Waals surface area (Å²) >= 11 is 1.49. The van der Waals surface area contributed by atoms with E-state index in [1.54, 1.807) is 27.7 Å². The Hall–Kier alpha value is -6.13. The Kier molecular flexibility index (Phi) is 14.3. The van der Waals surface area contributed by atoms with Gasteiger partial charge in [0.2, 0.25) is 5.91 Å². The highest BCUT2D eigenvalue weighted by Gasteiger charge is 2.42. The van der Waals surface area contributed by atoms with E-state index in [9.17, 15) is 19.2 Å². The zero-order valence-corrected chi connectivity index (χ0v) is 35.4. The number of ether oxygens (including phenoxy) is 3. The minimum atomic E-state index is -1.43. The number of hydrogen-bond donors (Lipinski definition) is 1. The largest absolute Gasteiger partial charge is 0.460 e. The molecule has 0 unspecified atom stereocenters. The first-order valence-corrected chi connectivity index (χ1v) is 21.2. The molecule has 0 radical (unpaired) electrons. The van der Waals surface area contributed by atoms with E-state index in [-0.39, 0.29) is 31.4 Å². The molecule has 0 aromatic heterocycles. The van der Waals surface area contributed by atoms with Crippen molar-refractivity contribution in [3.63, 3.8) is 0 Å². The molecule has 2 amide bonds. The number of hydrogen-bond acceptors (Lipinski definition) is 8. The fourth-order valence-electron chi connectivity index (χ4n) is 7.76. The molecule has 0 heterocycles. The molecule has 0 aliphatic heterocycles. The lowest BCUT2D eigenvalue weighted by molar-refractivity contribution is -0.158. The van der Waals surface area contributed by atoms with Crippen molar-refractivity contribution in [2.45, 2.75) is 62.5 Å². The zero-order chi connectivity index (χ0) is 42.7. The second-order valence-electron chi connectivity index (χ2n) is 15.5. The van der Waals surface area contributed by atoms with Gasteiger partial charge in [-0.1, -0.05) is 152 Å². The van der Waals surface area contributed by atoms with Gasteiger partial charge in [-0.2, -0.15) is 0 Å². The van der Waals surface area contributed by atoms with Crippen molar-refractivity contribution in [3.8, 4) is 11.1 Å². The molecule has 1 aliphatic rings. The average Bonchev–Trinajstić information content (AvgIpc) is 3.58. The van der Waals surface area contributed by atoms with Gasteiger partial charge in [0.25, 0.3) is 0 Å². The van der Waals surface area contributed by atoms with Gasteiger partial charge in [0.05, 0.1) is 11.2 Å². The average molecular weight is 825 g/mol. The van der Waals surface area contributed by atoms with Crippen LogP contribution in [0.15, 0.2) is 152 Å². The highest BCUT2D eigenvalue weighted by molar-refractivity contribution is 8.00. The molecule has 0 saturated carbocycles. The molecule has 1 N–H and O–H groups in total. The molecule has 0 saturated heterocycles. The molecule has 310 valence electrons. The minimum absolute atomic E-state index is 0.00160. The number of amides is 2. The Morgan fingerprint density at radius 3 is 1.68 bits per heavy atom. The van der Waals surface area contributed by atoms with Gasteiger partial charge in [-0.3, -0.25) is 9.59 Å². The van der Waals surface area contributed by atoms with E-state index in [0.29, 0.717) is 0 Å². The molecule has 60 heavy (non-hydrogen) atoms. The number of likely N-dealkylation sites (N-methyl/N-ethyl adjacent to an activating group) is 1. The highest BCUT2D eigenvalue weighted by Crippen LogP contribution is 2.49. The molecule has 5 aromatic rings. The van der Waals surface area contributed by atoms with Crippen molar-refractivity contribution in [1.29, 1.82) is 0 Å². The number of carbonyl (C=O) groups excluding carboxylic acids is 4. The van der Waals surface area contributed by atoms with Crippen LogP contribution in [0.3, 0.4) is 0 Å². The van der Waals surface area contributed by atoms with Crippen molar-refractivity contribution >= 4 is 35.7 Å². The monoisotopic (exact) mass is 824 g/mol. The van der Waals surface area contributed by atoms with Crippen LogP contribution in [0.4, 0.5) is 4.79 Å². The maximum Gasteiger partial charge on any atom is 0.407 e. The van der Waals surface area contributed by atoms with E-state index >= 15 is 0 Å².